The van der Waals surface area contributed by atoms with Gasteiger partial charge in [-0.25, -0.2) is 0 Å². The molecule has 6 heteroatoms. The Hall–Kier alpha value is -1.66. The molecule has 2 aliphatic rings. The number of hydrogen-bond acceptors (Lipinski definition) is 5. The molecule has 0 aromatic heterocycles. The first-order valence-electron chi connectivity index (χ1n) is 12.3. The van der Waals surface area contributed by atoms with E-state index in [0.29, 0.717) is 48.0 Å². The molecule has 0 unspecified atom stereocenters. The summed E-state index contributed by atoms with van der Waals surface area (Å²) in [6.45, 7) is 9.44. The Kier molecular flexibility index (Phi) is 8.57. The Morgan fingerprint density at radius 3 is 2.53 bits per heavy atom. The van der Waals surface area contributed by atoms with Crippen molar-refractivity contribution in [2.75, 3.05) is 6.54 Å². The van der Waals surface area contributed by atoms with Crippen LogP contribution in [0.2, 0.25) is 5.82 Å². The van der Waals surface area contributed by atoms with E-state index >= 15 is 0 Å². The van der Waals surface area contributed by atoms with Crippen molar-refractivity contribution < 1.29 is 19.3 Å². The maximum Gasteiger partial charge on any atom is 0.526 e. The molecule has 32 heavy (non-hydrogen) atoms. The van der Waals surface area contributed by atoms with E-state index in [9.17, 15) is 14.6 Å². The molecule has 1 aliphatic carbocycles. The molecule has 176 valence electrons. The predicted molar refractivity (Wildman–Crippen MR) is 129 cm³/mol. The number of rotatable bonds is 9. The summed E-state index contributed by atoms with van der Waals surface area (Å²) < 4.78 is 5.68. The number of fused-ring (bicyclic) bond motifs is 1. The molecule has 0 amide bonds. The quantitative estimate of drug-likeness (QED) is 0.321. The number of carbonyl (C=O) groups is 2. The molecule has 3 rings (SSSR count). The fourth-order valence-electron chi connectivity index (χ4n) is 5.13. The third-order valence-corrected chi connectivity index (χ3v) is 6.99. The molecular formula is C26H40BNO4. The zero-order valence-electron chi connectivity index (χ0n) is 20.3. The lowest BCUT2D eigenvalue weighted by atomic mass is 9.64. The fourth-order valence-corrected chi connectivity index (χ4v) is 5.13. The summed E-state index contributed by atoms with van der Waals surface area (Å²) in [5.74, 6) is 0.809. The van der Waals surface area contributed by atoms with Crippen molar-refractivity contribution in [3.05, 3.63) is 29.3 Å². The monoisotopic (exact) mass is 441 g/mol. The number of Topliss-reactive ketones (excluding diaryl/α,β-unsaturated/α-hetero) is 2. The second-order valence-electron chi connectivity index (χ2n) is 11.1. The van der Waals surface area contributed by atoms with Gasteiger partial charge in [-0.15, -0.1) is 0 Å². The van der Waals surface area contributed by atoms with Crippen molar-refractivity contribution in [3.63, 3.8) is 0 Å². The van der Waals surface area contributed by atoms with Gasteiger partial charge in [0.25, 0.3) is 0 Å². The lowest BCUT2D eigenvalue weighted by Crippen LogP contribution is -2.36. The molecule has 0 radical (unpaired) electrons. The first-order valence-corrected chi connectivity index (χ1v) is 12.3. The van der Waals surface area contributed by atoms with Gasteiger partial charge < -0.3 is 15.0 Å². The van der Waals surface area contributed by atoms with Crippen LogP contribution in [0.25, 0.3) is 0 Å². The highest BCUT2D eigenvalue weighted by Gasteiger charge is 2.37. The van der Waals surface area contributed by atoms with Crippen molar-refractivity contribution >= 4 is 18.7 Å². The van der Waals surface area contributed by atoms with Crippen LogP contribution in [0, 0.1) is 11.3 Å². The molecule has 1 aromatic rings. The molecule has 1 fully saturated rings. The maximum absolute atomic E-state index is 12.8. The van der Waals surface area contributed by atoms with Crippen molar-refractivity contribution in [3.8, 4) is 5.75 Å². The van der Waals surface area contributed by atoms with Crippen molar-refractivity contribution in [2.45, 2.75) is 97.3 Å². The summed E-state index contributed by atoms with van der Waals surface area (Å²) in [7, 11) is -1.04. The van der Waals surface area contributed by atoms with Gasteiger partial charge in [-0.05, 0) is 81.4 Å². The third-order valence-electron chi connectivity index (χ3n) is 6.99. The van der Waals surface area contributed by atoms with Gasteiger partial charge >= 0.3 is 7.12 Å². The first kappa shape index (κ1) is 25.0. The summed E-state index contributed by atoms with van der Waals surface area (Å²) in [6.07, 6.45) is 8.42. The molecule has 0 spiro atoms. The van der Waals surface area contributed by atoms with E-state index in [4.69, 9.17) is 4.65 Å². The standard InChI is InChI=1S/C26H40BNO4/c1-18(29)24-8-5-7-20-16-21(27(31)32-25(20)24)17-23(30)15-19-9-11-22(12-10-19)28-14-6-13-26(2,3)4/h5,7-8,19,21-22,28,31H,6,9-17H2,1-4H3/t19?,21-,22?/m1/s1. The second kappa shape index (κ2) is 11.0. The number of hydrogen-bond donors (Lipinski definition) is 2. The lowest BCUT2D eigenvalue weighted by molar-refractivity contribution is -0.120. The van der Waals surface area contributed by atoms with Crippen molar-refractivity contribution in [2.24, 2.45) is 11.3 Å². The van der Waals surface area contributed by atoms with Crippen LogP contribution >= 0.6 is 0 Å². The molecule has 5 nitrogen and oxygen atoms in total. The zero-order chi connectivity index (χ0) is 23.3. The summed E-state index contributed by atoms with van der Waals surface area (Å²) in [5.41, 5.74) is 1.79. The van der Waals surface area contributed by atoms with Crippen LogP contribution in [0.15, 0.2) is 18.2 Å². The Morgan fingerprint density at radius 1 is 1.16 bits per heavy atom. The highest BCUT2D eigenvalue weighted by Crippen LogP contribution is 2.37. The highest BCUT2D eigenvalue weighted by atomic mass is 16.5. The summed E-state index contributed by atoms with van der Waals surface area (Å²) in [5, 5.41) is 14.2. The average Bonchev–Trinajstić information content (AvgIpc) is 2.71. The molecule has 1 aliphatic heterocycles. The normalized spacial score (nSPS) is 23.4. The number of para-hydroxylation sites is 1. The first-order chi connectivity index (χ1) is 15.1. The third kappa shape index (κ3) is 7.18. The fraction of sp³-hybridized carbons (Fsp3) is 0.692. The predicted octanol–water partition coefficient (Wildman–Crippen LogP) is 5.00. The molecular weight excluding hydrogens is 401 g/mol. The van der Waals surface area contributed by atoms with Crippen LogP contribution in [0.3, 0.4) is 0 Å². The number of benzene rings is 1. The second-order valence-corrected chi connectivity index (χ2v) is 11.1. The van der Waals surface area contributed by atoms with Crippen LogP contribution in [0.5, 0.6) is 5.75 Å². The van der Waals surface area contributed by atoms with E-state index in [2.05, 4.69) is 26.1 Å². The van der Waals surface area contributed by atoms with E-state index in [1.807, 2.05) is 12.1 Å². The molecule has 1 heterocycles. The lowest BCUT2D eigenvalue weighted by Gasteiger charge is -2.30. The Labute approximate surface area is 193 Å². The Morgan fingerprint density at radius 2 is 1.88 bits per heavy atom. The van der Waals surface area contributed by atoms with Gasteiger partial charge in [0.1, 0.15) is 11.5 Å². The SMILES string of the molecule is CC(=O)c1cccc2c1OB(O)[C@@H](CC(=O)CC1CCC(NCCCC(C)(C)C)CC1)C2. The van der Waals surface area contributed by atoms with Crippen molar-refractivity contribution in [1.82, 2.24) is 5.32 Å². The molecule has 1 aromatic carbocycles. The molecule has 1 saturated carbocycles. The smallest absolute Gasteiger partial charge is 0.526 e. The summed E-state index contributed by atoms with van der Waals surface area (Å²) in [6, 6.07) is 6.06. The molecule has 0 bridgehead atoms. The minimum Gasteiger partial charge on any atom is -0.535 e. The highest BCUT2D eigenvalue weighted by molar-refractivity contribution is 6.47. The molecule has 0 saturated heterocycles. The van der Waals surface area contributed by atoms with E-state index in [1.165, 1.54) is 19.8 Å². The van der Waals surface area contributed by atoms with Gasteiger partial charge in [-0.1, -0.05) is 32.9 Å². The van der Waals surface area contributed by atoms with Crippen LogP contribution in [0.4, 0.5) is 0 Å². The number of nitrogens with one attached hydrogen (secondary N) is 1. The van der Waals surface area contributed by atoms with Gasteiger partial charge in [-0.3, -0.25) is 9.59 Å². The van der Waals surface area contributed by atoms with Crippen LogP contribution < -0.4 is 9.97 Å². The maximum atomic E-state index is 12.8. The van der Waals surface area contributed by atoms with E-state index in [-0.39, 0.29) is 17.4 Å². The van der Waals surface area contributed by atoms with Crippen LogP contribution in [-0.4, -0.2) is 36.3 Å². The minimum absolute atomic E-state index is 0.0807. The van der Waals surface area contributed by atoms with E-state index in [0.717, 1.165) is 37.8 Å². The van der Waals surface area contributed by atoms with Gasteiger partial charge in [0, 0.05) is 24.7 Å². The van der Waals surface area contributed by atoms with E-state index in [1.54, 1.807) is 6.07 Å². The summed E-state index contributed by atoms with van der Waals surface area (Å²) >= 11 is 0. The number of carbonyl (C=O) groups excluding carboxylic acids is 2. The van der Waals surface area contributed by atoms with Crippen LogP contribution in [-0.2, 0) is 11.2 Å². The zero-order valence-corrected chi connectivity index (χ0v) is 20.3. The molecule has 2 N–H and O–H groups in total. The minimum atomic E-state index is -1.04. The van der Waals surface area contributed by atoms with Crippen LogP contribution in [0.1, 0.15) is 95.0 Å². The largest absolute Gasteiger partial charge is 0.535 e. The Balaban J connectivity index is 1.41. The van der Waals surface area contributed by atoms with Gasteiger partial charge in [-0.2, -0.15) is 0 Å². The van der Waals surface area contributed by atoms with Crippen molar-refractivity contribution in [1.29, 1.82) is 0 Å². The van der Waals surface area contributed by atoms with Gasteiger partial charge in [0.05, 0.1) is 5.56 Å². The topological polar surface area (TPSA) is 75.6 Å². The number of ketones is 2. The average molecular weight is 441 g/mol. The molecule has 1 atom stereocenters. The Bertz CT molecular complexity index is 796. The van der Waals surface area contributed by atoms with Gasteiger partial charge in [0.15, 0.2) is 5.78 Å². The van der Waals surface area contributed by atoms with Gasteiger partial charge in [0.2, 0.25) is 0 Å². The van der Waals surface area contributed by atoms with E-state index < -0.39 is 7.12 Å². The summed E-state index contributed by atoms with van der Waals surface area (Å²) in [4.78, 5) is 24.6.